The van der Waals surface area contributed by atoms with Crippen molar-refractivity contribution >= 4 is 38.4 Å². The van der Waals surface area contributed by atoms with Crippen LogP contribution in [-0.2, 0) is 7.56 Å². The van der Waals surface area contributed by atoms with E-state index in [-0.39, 0.29) is 0 Å². The maximum atomic E-state index is 6.79. The average Bonchev–Trinajstić information content (AvgIpc) is 2.52. The fourth-order valence-corrected chi connectivity index (χ4v) is 36.8. The van der Waals surface area contributed by atoms with Crippen molar-refractivity contribution in [1.29, 1.82) is 0 Å². The van der Waals surface area contributed by atoms with E-state index in [9.17, 15) is 0 Å². The van der Waals surface area contributed by atoms with Crippen molar-refractivity contribution in [2.24, 2.45) is 0 Å². The molecule has 0 atom stereocenters. The molecule has 0 rings (SSSR count). The van der Waals surface area contributed by atoms with Gasteiger partial charge in [0.2, 0.25) is 0 Å². The van der Waals surface area contributed by atoms with Crippen LogP contribution >= 0.6 is 0 Å². The average molecular weight is 532 g/mol. The van der Waals surface area contributed by atoms with Crippen LogP contribution in [0.25, 0.3) is 0 Å². The van der Waals surface area contributed by atoms with Crippen LogP contribution in [0, 0.1) is 0 Å². The van der Waals surface area contributed by atoms with Crippen LogP contribution in [0.15, 0.2) is 75.9 Å². The minimum absolute atomic E-state index is 0.476. The fourth-order valence-electron chi connectivity index (χ4n) is 2.27. The number of hydrogen-bond acceptors (Lipinski definition) is 3. The molecule has 0 radical (unpaired) electrons. The fraction of sp³-hybridized carbons (Fsp3) is 0.333. The summed E-state index contributed by atoms with van der Waals surface area (Å²) < 4.78 is 22.2. The summed E-state index contributed by atoms with van der Waals surface area (Å²) in [5.41, 5.74) is 0. The molecule has 0 fully saturated rings. The summed E-state index contributed by atoms with van der Waals surface area (Å²) in [6.45, 7) is 24.0. The van der Waals surface area contributed by atoms with Crippen molar-refractivity contribution in [3.63, 3.8) is 0 Å². The van der Waals surface area contributed by atoms with Gasteiger partial charge in [-0.3, -0.25) is 0 Å². The van der Waals surface area contributed by atoms with Crippen molar-refractivity contribution in [2.75, 3.05) is 13.2 Å². The van der Waals surface area contributed by atoms with Crippen molar-refractivity contribution in [2.45, 2.75) is 17.7 Å². The monoisotopic (exact) mass is 534 g/mol. The molecule has 3 nitrogen and oxygen atoms in total. The Morgan fingerprint density at radius 3 is 1.04 bits per heavy atom. The second-order valence-corrected chi connectivity index (χ2v) is 26.3. The van der Waals surface area contributed by atoms with E-state index >= 15 is 0 Å². The quantitative estimate of drug-likeness (QED) is 0.206. The van der Waals surface area contributed by atoms with Gasteiger partial charge in [0, 0.05) is 0 Å². The predicted molar refractivity (Wildman–Crippen MR) is 105 cm³/mol. The third-order valence-corrected chi connectivity index (χ3v) is 33.8. The molecule has 0 aromatic rings. The van der Waals surface area contributed by atoms with Crippen LogP contribution in [0.1, 0.15) is 0 Å². The van der Waals surface area contributed by atoms with E-state index in [2.05, 4.69) is 39.5 Å². The Kier molecular flexibility index (Phi) is 13.2. The molecule has 0 aliphatic carbocycles. The van der Waals surface area contributed by atoms with Crippen LogP contribution in [0.5, 0.6) is 0 Å². The summed E-state index contributed by atoms with van der Waals surface area (Å²) in [6, 6.07) is 0. The van der Waals surface area contributed by atoms with E-state index in [1.807, 2.05) is 24.3 Å². The molecule has 5 heteroatoms. The molecule has 0 aliphatic rings. The van der Waals surface area contributed by atoms with Gasteiger partial charge in [0.15, 0.2) is 0 Å². The predicted octanol–water partition coefficient (Wildman–Crippen LogP) is 5.04. The first-order valence-electron chi connectivity index (χ1n) is 7.71. The Morgan fingerprint density at radius 1 is 0.522 bits per heavy atom. The normalized spacial score (nSPS) is 11.5. The topological polar surface area (TPSA) is 27.7 Å². The van der Waals surface area contributed by atoms with E-state index in [4.69, 9.17) is 7.56 Å². The standard InChI is InChI=1S/2C3H5O.4C3H5.O.2Sn/c2*1-2-3-4;4*1-3-2;;;/h2*2H,1,3H2;4*3H,1-2H2;;;/q2*-1;;;;;;2*+1. The summed E-state index contributed by atoms with van der Waals surface area (Å²) in [5, 5.41) is 0. The maximum absolute atomic E-state index is 6.79. The van der Waals surface area contributed by atoms with Crippen LogP contribution in [-0.4, -0.2) is 51.6 Å². The number of rotatable bonds is 16. The third-order valence-electron chi connectivity index (χ3n) is 3.12. The first kappa shape index (κ1) is 22.9. The molecular weight excluding hydrogens is 502 g/mol. The molecule has 0 saturated heterocycles. The zero-order valence-electron chi connectivity index (χ0n) is 14.2. The van der Waals surface area contributed by atoms with Crippen LogP contribution < -0.4 is 0 Å². The van der Waals surface area contributed by atoms with Gasteiger partial charge < -0.3 is 0 Å². The van der Waals surface area contributed by atoms with Crippen molar-refractivity contribution in [3.05, 3.63) is 75.9 Å². The Labute approximate surface area is 152 Å². The Hall–Kier alpha value is -0.0826. The molecule has 0 aromatic heterocycles. The molecular formula is C18H30O3Sn2. The summed E-state index contributed by atoms with van der Waals surface area (Å²) in [7, 11) is 0. The summed E-state index contributed by atoms with van der Waals surface area (Å²) >= 11 is -6.84. The van der Waals surface area contributed by atoms with Gasteiger partial charge >= 0.3 is 153 Å². The van der Waals surface area contributed by atoms with E-state index in [1.165, 1.54) is 0 Å². The van der Waals surface area contributed by atoms with Crippen LogP contribution in [0.3, 0.4) is 0 Å². The molecule has 0 aliphatic heterocycles. The number of hydrogen-bond donors (Lipinski definition) is 0. The van der Waals surface area contributed by atoms with Gasteiger partial charge in [-0.2, -0.15) is 0 Å². The van der Waals surface area contributed by atoms with Crippen molar-refractivity contribution < 1.29 is 7.56 Å². The van der Waals surface area contributed by atoms with Gasteiger partial charge in [0.1, 0.15) is 0 Å². The van der Waals surface area contributed by atoms with Gasteiger partial charge in [-0.15, -0.1) is 0 Å². The van der Waals surface area contributed by atoms with E-state index < -0.39 is 38.4 Å². The molecule has 0 heterocycles. The molecule has 23 heavy (non-hydrogen) atoms. The molecule has 0 spiro atoms. The van der Waals surface area contributed by atoms with Gasteiger partial charge in [-0.25, -0.2) is 0 Å². The first-order chi connectivity index (χ1) is 11.1. The minimum atomic E-state index is -3.42. The molecule has 0 saturated carbocycles. The zero-order valence-corrected chi connectivity index (χ0v) is 19.9. The van der Waals surface area contributed by atoms with Crippen molar-refractivity contribution in [3.8, 4) is 0 Å². The second-order valence-electron chi connectivity index (χ2n) is 5.09. The SMILES string of the molecule is C=CC[O][Sn]([CH2]C=C)([CH2]C=C)[O][Sn]([CH2]C=C)([CH2]C=C)[O]CC=C. The zero-order chi connectivity index (χ0) is 17.6. The second kappa shape index (κ2) is 13.2. The van der Waals surface area contributed by atoms with Gasteiger partial charge in [0.25, 0.3) is 0 Å². The summed E-state index contributed by atoms with van der Waals surface area (Å²) in [4.78, 5) is 0. The number of allylic oxidation sites excluding steroid dienone is 4. The Bertz CT molecular complexity index is 360. The van der Waals surface area contributed by atoms with Crippen LogP contribution in [0.4, 0.5) is 0 Å². The third kappa shape index (κ3) is 8.53. The van der Waals surface area contributed by atoms with Crippen LogP contribution in [0.2, 0.25) is 17.7 Å². The summed E-state index contributed by atoms with van der Waals surface area (Å²) in [5.74, 6) is 0. The van der Waals surface area contributed by atoms with E-state index in [0.29, 0.717) is 13.2 Å². The molecule has 0 aromatic carbocycles. The first-order valence-corrected chi connectivity index (χ1v) is 20.4. The van der Waals surface area contributed by atoms with Crippen molar-refractivity contribution in [1.82, 2.24) is 0 Å². The summed E-state index contributed by atoms with van der Waals surface area (Å²) in [6.07, 6.45) is 11.0. The molecule has 0 amide bonds. The van der Waals surface area contributed by atoms with Gasteiger partial charge in [-0.05, 0) is 0 Å². The molecule has 128 valence electrons. The van der Waals surface area contributed by atoms with E-state index in [1.54, 1.807) is 12.2 Å². The Balaban J connectivity index is 5.64. The van der Waals surface area contributed by atoms with Gasteiger partial charge in [0.05, 0.1) is 0 Å². The Morgan fingerprint density at radius 2 is 0.826 bits per heavy atom. The van der Waals surface area contributed by atoms with Gasteiger partial charge in [-0.1, -0.05) is 0 Å². The van der Waals surface area contributed by atoms with E-state index in [0.717, 1.165) is 17.7 Å². The molecule has 0 unspecified atom stereocenters. The molecule has 0 bridgehead atoms. The molecule has 0 N–H and O–H groups in total.